The van der Waals surface area contributed by atoms with Crippen LogP contribution in [0.2, 0.25) is 0 Å². The monoisotopic (exact) mass is 191 g/mol. The number of ether oxygens (including phenoxy) is 1. The molecule has 1 N–H and O–H groups in total. The predicted octanol–water partition coefficient (Wildman–Crippen LogP) is 2.68. The van der Waals surface area contributed by atoms with Crippen LogP contribution in [0.3, 0.4) is 0 Å². The molecule has 0 fully saturated rings. The molecular formula is C11H13NO2. The highest BCUT2D eigenvalue weighted by Gasteiger charge is 2.10. The molecule has 3 heteroatoms. The van der Waals surface area contributed by atoms with E-state index in [4.69, 9.17) is 9.57 Å². The zero-order chi connectivity index (χ0) is 9.64. The van der Waals surface area contributed by atoms with Gasteiger partial charge in [0.1, 0.15) is 0 Å². The van der Waals surface area contributed by atoms with Crippen LogP contribution in [0.4, 0.5) is 5.69 Å². The Morgan fingerprint density at radius 1 is 1.29 bits per heavy atom. The summed E-state index contributed by atoms with van der Waals surface area (Å²) < 4.78 is 5.23. The van der Waals surface area contributed by atoms with E-state index in [9.17, 15) is 0 Å². The molecule has 1 unspecified atom stereocenters. The predicted molar refractivity (Wildman–Crippen MR) is 54.4 cm³/mol. The number of anilines is 1. The van der Waals surface area contributed by atoms with Crippen molar-refractivity contribution in [2.24, 2.45) is 0 Å². The Morgan fingerprint density at radius 2 is 2.14 bits per heavy atom. The standard InChI is InChI=1S/C11H13NO2/c1-2-6-10(7-3-1)12-14-11-8-4-5-9-13-11/h1-3,5-7,9,11-12H,4,8H2. The van der Waals surface area contributed by atoms with E-state index in [0.29, 0.717) is 0 Å². The SMILES string of the molecule is C1=COC(ONc2ccccc2)CC1. The van der Waals surface area contributed by atoms with Gasteiger partial charge in [-0.15, -0.1) is 0 Å². The molecule has 0 aromatic heterocycles. The maximum atomic E-state index is 5.35. The molecule has 14 heavy (non-hydrogen) atoms. The average molecular weight is 191 g/mol. The second-order valence-electron chi connectivity index (χ2n) is 3.10. The first-order valence-electron chi connectivity index (χ1n) is 4.72. The number of benzene rings is 1. The second-order valence-corrected chi connectivity index (χ2v) is 3.10. The molecule has 1 atom stereocenters. The molecule has 1 aliphatic heterocycles. The fourth-order valence-electron chi connectivity index (χ4n) is 1.24. The fourth-order valence-corrected chi connectivity index (χ4v) is 1.24. The van der Waals surface area contributed by atoms with Gasteiger partial charge in [0.2, 0.25) is 6.29 Å². The van der Waals surface area contributed by atoms with Crippen LogP contribution in [-0.2, 0) is 9.57 Å². The minimum absolute atomic E-state index is 0.180. The largest absolute Gasteiger partial charge is 0.471 e. The Labute approximate surface area is 83.3 Å². The highest BCUT2D eigenvalue weighted by molar-refractivity contribution is 5.39. The topological polar surface area (TPSA) is 30.5 Å². The van der Waals surface area contributed by atoms with Crippen LogP contribution in [0.25, 0.3) is 0 Å². The summed E-state index contributed by atoms with van der Waals surface area (Å²) in [6.45, 7) is 0. The molecule has 3 nitrogen and oxygen atoms in total. The maximum Gasteiger partial charge on any atom is 0.222 e. The van der Waals surface area contributed by atoms with Gasteiger partial charge in [-0.05, 0) is 24.6 Å². The zero-order valence-corrected chi connectivity index (χ0v) is 7.85. The van der Waals surface area contributed by atoms with E-state index in [1.165, 1.54) is 0 Å². The summed E-state index contributed by atoms with van der Waals surface area (Å²) in [6, 6.07) is 9.75. The van der Waals surface area contributed by atoms with Gasteiger partial charge in [-0.3, -0.25) is 5.48 Å². The van der Waals surface area contributed by atoms with Gasteiger partial charge in [0.25, 0.3) is 0 Å². The molecule has 0 amide bonds. The van der Waals surface area contributed by atoms with E-state index in [2.05, 4.69) is 5.48 Å². The van der Waals surface area contributed by atoms with E-state index >= 15 is 0 Å². The van der Waals surface area contributed by atoms with Crippen molar-refractivity contribution < 1.29 is 9.57 Å². The molecule has 0 spiro atoms. The average Bonchev–Trinajstić information content (AvgIpc) is 2.29. The Balaban J connectivity index is 1.80. The Bertz CT molecular complexity index is 297. The summed E-state index contributed by atoms with van der Waals surface area (Å²) in [7, 11) is 0. The number of hydrogen-bond donors (Lipinski definition) is 1. The van der Waals surface area contributed by atoms with Crippen LogP contribution < -0.4 is 5.48 Å². The summed E-state index contributed by atoms with van der Waals surface area (Å²) in [5.74, 6) is 0. The van der Waals surface area contributed by atoms with Gasteiger partial charge in [0.05, 0.1) is 11.9 Å². The number of hydrogen-bond acceptors (Lipinski definition) is 3. The van der Waals surface area contributed by atoms with Gasteiger partial charge < -0.3 is 4.74 Å². The zero-order valence-electron chi connectivity index (χ0n) is 7.85. The Hall–Kier alpha value is -1.48. The summed E-state index contributed by atoms with van der Waals surface area (Å²) in [5.41, 5.74) is 3.79. The van der Waals surface area contributed by atoms with Gasteiger partial charge in [-0.25, -0.2) is 4.84 Å². The smallest absolute Gasteiger partial charge is 0.222 e. The van der Waals surface area contributed by atoms with Crippen molar-refractivity contribution >= 4 is 5.69 Å². The van der Waals surface area contributed by atoms with Crippen LogP contribution in [0, 0.1) is 0 Å². The quantitative estimate of drug-likeness (QED) is 0.745. The highest BCUT2D eigenvalue weighted by atomic mass is 16.8. The highest BCUT2D eigenvalue weighted by Crippen LogP contribution is 2.13. The van der Waals surface area contributed by atoms with Crippen molar-refractivity contribution in [3.05, 3.63) is 42.7 Å². The molecule has 2 rings (SSSR count). The third-order valence-electron chi connectivity index (χ3n) is 1.98. The van der Waals surface area contributed by atoms with Gasteiger partial charge in [-0.2, -0.15) is 0 Å². The lowest BCUT2D eigenvalue weighted by atomic mass is 10.3. The van der Waals surface area contributed by atoms with E-state index in [0.717, 1.165) is 18.5 Å². The summed E-state index contributed by atoms with van der Waals surface area (Å²) >= 11 is 0. The lowest BCUT2D eigenvalue weighted by Crippen LogP contribution is -2.20. The third kappa shape index (κ3) is 2.50. The molecule has 0 radical (unpaired) electrons. The van der Waals surface area contributed by atoms with E-state index in [1.54, 1.807) is 6.26 Å². The van der Waals surface area contributed by atoms with Crippen LogP contribution in [0.1, 0.15) is 12.8 Å². The number of rotatable bonds is 3. The first-order valence-corrected chi connectivity index (χ1v) is 4.72. The molecule has 1 aromatic rings. The number of para-hydroxylation sites is 1. The normalized spacial score (nSPS) is 20.1. The minimum atomic E-state index is -0.180. The molecule has 1 aliphatic rings. The third-order valence-corrected chi connectivity index (χ3v) is 1.98. The minimum Gasteiger partial charge on any atom is -0.471 e. The van der Waals surface area contributed by atoms with E-state index < -0.39 is 0 Å². The first kappa shape index (κ1) is 9.09. The van der Waals surface area contributed by atoms with Crippen LogP contribution in [0.5, 0.6) is 0 Å². The van der Waals surface area contributed by atoms with Crippen molar-refractivity contribution in [2.45, 2.75) is 19.1 Å². The summed E-state index contributed by atoms with van der Waals surface area (Å²) in [5, 5.41) is 0. The maximum absolute atomic E-state index is 5.35. The van der Waals surface area contributed by atoms with Crippen molar-refractivity contribution in [2.75, 3.05) is 5.48 Å². The molecule has 0 aliphatic carbocycles. The first-order chi connectivity index (χ1) is 6.95. The van der Waals surface area contributed by atoms with Gasteiger partial charge in [-0.1, -0.05) is 18.2 Å². The molecule has 1 aromatic carbocycles. The van der Waals surface area contributed by atoms with Crippen LogP contribution >= 0.6 is 0 Å². The Kier molecular flexibility index (Phi) is 3.03. The van der Waals surface area contributed by atoms with E-state index in [-0.39, 0.29) is 6.29 Å². The lowest BCUT2D eigenvalue weighted by Gasteiger charge is -2.19. The number of allylic oxidation sites excluding steroid dienone is 1. The molecule has 0 saturated carbocycles. The molecule has 74 valence electrons. The fraction of sp³-hybridized carbons (Fsp3) is 0.273. The molecular weight excluding hydrogens is 178 g/mol. The summed E-state index contributed by atoms with van der Waals surface area (Å²) in [6.07, 6.45) is 5.38. The van der Waals surface area contributed by atoms with Gasteiger partial charge >= 0.3 is 0 Å². The van der Waals surface area contributed by atoms with Gasteiger partial charge in [0.15, 0.2) is 0 Å². The number of nitrogens with one attached hydrogen (secondary N) is 1. The molecule has 0 bridgehead atoms. The van der Waals surface area contributed by atoms with Crippen LogP contribution in [-0.4, -0.2) is 6.29 Å². The molecule has 0 saturated heterocycles. The van der Waals surface area contributed by atoms with Crippen molar-refractivity contribution in [3.63, 3.8) is 0 Å². The van der Waals surface area contributed by atoms with Gasteiger partial charge in [0, 0.05) is 6.42 Å². The Morgan fingerprint density at radius 3 is 2.86 bits per heavy atom. The van der Waals surface area contributed by atoms with Crippen molar-refractivity contribution in [3.8, 4) is 0 Å². The van der Waals surface area contributed by atoms with Crippen LogP contribution in [0.15, 0.2) is 42.7 Å². The summed E-state index contributed by atoms with van der Waals surface area (Å²) in [4.78, 5) is 5.35. The van der Waals surface area contributed by atoms with Crippen molar-refractivity contribution in [1.82, 2.24) is 0 Å². The molecule has 1 heterocycles. The van der Waals surface area contributed by atoms with E-state index in [1.807, 2.05) is 36.4 Å². The second kappa shape index (κ2) is 4.67. The lowest BCUT2D eigenvalue weighted by molar-refractivity contribution is -0.0928. The van der Waals surface area contributed by atoms with Crippen molar-refractivity contribution in [1.29, 1.82) is 0 Å².